The normalized spacial score (nSPS) is 17.1. The molecule has 0 saturated heterocycles. The van der Waals surface area contributed by atoms with Gasteiger partial charge < -0.3 is 0 Å². The first-order chi connectivity index (χ1) is 9.39. The van der Waals surface area contributed by atoms with Gasteiger partial charge in [0.1, 0.15) is 0 Å². The number of carbonyl (C=O) groups excluding carboxylic acids is 1. The lowest BCUT2D eigenvalue weighted by molar-refractivity contribution is -0.120. The van der Waals surface area contributed by atoms with Gasteiger partial charge in [0.15, 0.2) is 0 Å². The second kappa shape index (κ2) is 9.77. The van der Waals surface area contributed by atoms with E-state index in [0.717, 1.165) is 12.8 Å². The highest BCUT2D eigenvalue weighted by Crippen LogP contribution is 2.33. The van der Waals surface area contributed by atoms with Crippen molar-refractivity contribution in [2.24, 2.45) is 17.3 Å². The van der Waals surface area contributed by atoms with Crippen molar-refractivity contribution < 1.29 is 4.79 Å². The van der Waals surface area contributed by atoms with E-state index in [1.54, 1.807) is 0 Å². The van der Waals surface area contributed by atoms with Crippen molar-refractivity contribution >= 4 is 16.8 Å². The first kappa shape index (κ1) is 18.9. The van der Waals surface area contributed by atoms with Crippen molar-refractivity contribution in [3.05, 3.63) is 24.8 Å². The van der Waals surface area contributed by atoms with Gasteiger partial charge in [-0.1, -0.05) is 39.0 Å². The van der Waals surface area contributed by atoms with Crippen LogP contribution in [0.2, 0.25) is 0 Å². The summed E-state index contributed by atoms with van der Waals surface area (Å²) in [6.07, 6.45) is 10.0. The zero-order chi connectivity index (χ0) is 15.6. The predicted octanol–water partition coefficient (Wildman–Crippen LogP) is 5.25. The van der Waals surface area contributed by atoms with Crippen molar-refractivity contribution in [1.29, 1.82) is 5.26 Å². The van der Waals surface area contributed by atoms with Crippen molar-refractivity contribution in [2.45, 2.75) is 52.9 Å². The van der Waals surface area contributed by atoms with E-state index in [4.69, 9.17) is 11.6 Å². The summed E-state index contributed by atoms with van der Waals surface area (Å²) in [6, 6.07) is 2.28. The molecule has 0 saturated carbocycles. The molecule has 0 amide bonds. The van der Waals surface area contributed by atoms with Crippen LogP contribution in [0.25, 0.3) is 0 Å². The minimum atomic E-state index is -0.590. The number of halogens is 1. The molecule has 0 N–H and O–H groups in total. The Hall–Kier alpha value is -1.07. The number of hydrogen-bond acceptors (Lipinski definition) is 2. The van der Waals surface area contributed by atoms with Crippen LogP contribution in [-0.2, 0) is 4.79 Å². The SMILES string of the molecule is C=CC(C)CC/C=C/CC(C#N)CC(C)(CC)C(=O)Cl. The van der Waals surface area contributed by atoms with Gasteiger partial charge in [0.05, 0.1) is 12.0 Å². The number of allylic oxidation sites excluding steroid dienone is 3. The Balaban J connectivity index is 4.30. The summed E-state index contributed by atoms with van der Waals surface area (Å²) in [5.41, 5.74) is -0.590. The Morgan fingerprint density at radius 1 is 1.50 bits per heavy atom. The fraction of sp³-hybridized carbons (Fsp3) is 0.647. The van der Waals surface area contributed by atoms with Crippen LogP contribution in [0.4, 0.5) is 0 Å². The van der Waals surface area contributed by atoms with Crippen LogP contribution in [0.1, 0.15) is 52.9 Å². The molecule has 0 radical (unpaired) electrons. The van der Waals surface area contributed by atoms with Gasteiger partial charge in [-0.05, 0) is 49.6 Å². The fourth-order valence-corrected chi connectivity index (χ4v) is 2.16. The van der Waals surface area contributed by atoms with E-state index >= 15 is 0 Å². The van der Waals surface area contributed by atoms with Gasteiger partial charge in [0, 0.05) is 5.41 Å². The van der Waals surface area contributed by atoms with E-state index in [0.29, 0.717) is 25.2 Å². The maximum atomic E-state index is 11.5. The lowest BCUT2D eigenvalue weighted by Crippen LogP contribution is -2.25. The van der Waals surface area contributed by atoms with Gasteiger partial charge in [0.2, 0.25) is 5.24 Å². The van der Waals surface area contributed by atoms with Gasteiger partial charge in [-0.25, -0.2) is 0 Å². The zero-order valence-electron chi connectivity index (χ0n) is 12.9. The van der Waals surface area contributed by atoms with Crippen LogP contribution in [0, 0.1) is 28.6 Å². The molecule has 0 heterocycles. The van der Waals surface area contributed by atoms with Gasteiger partial charge >= 0.3 is 0 Å². The molecule has 0 aliphatic heterocycles. The van der Waals surface area contributed by atoms with Crippen molar-refractivity contribution in [2.75, 3.05) is 0 Å². The first-order valence-electron chi connectivity index (χ1n) is 7.26. The van der Waals surface area contributed by atoms with Crippen LogP contribution in [-0.4, -0.2) is 5.24 Å². The Morgan fingerprint density at radius 3 is 2.60 bits per heavy atom. The van der Waals surface area contributed by atoms with Gasteiger partial charge in [-0.2, -0.15) is 5.26 Å². The Bertz CT molecular complexity index is 383. The predicted molar refractivity (Wildman–Crippen MR) is 85.3 cm³/mol. The summed E-state index contributed by atoms with van der Waals surface area (Å²) in [6.45, 7) is 9.66. The third-order valence-electron chi connectivity index (χ3n) is 3.91. The molecule has 0 rings (SSSR count). The summed E-state index contributed by atoms with van der Waals surface area (Å²) in [4.78, 5) is 11.5. The van der Waals surface area contributed by atoms with Crippen LogP contribution in [0.5, 0.6) is 0 Å². The van der Waals surface area contributed by atoms with E-state index in [9.17, 15) is 10.1 Å². The van der Waals surface area contributed by atoms with E-state index in [1.165, 1.54) is 0 Å². The highest BCUT2D eigenvalue weighted by molar-refractivity contribution is 6.64. The molecule has 0 aliphatic rings. The third kappa shape index (κ3) is 6.91. The minimum absolute atomic E-state index is 0.157. The lowest BCUT2D eigenvalue weighted by atomic mass is 9.79. The topological polar surface area (TPSA) is 40.9 Å². The molecule has 0 aromatic heterocycles. The standard InChI is InChI=1S/C17H26ClNO/c1-5-14(3)10-8-7-9-11-15(13-19)12-17(4,6-2)16(18)20/h5,7,9,14-15H,1,6,8,10-12H2,2-4H3/b9-7+. The number of nitrogens with zero attached hydrogens (tertiary/aromatic N) is 1. The molecule has 20 heavy (non-hydrogen) atoms. The number of carbonyl (C=O) groups is 1. The Labute approximate surface area is 128 Å². The highest BCUT2D eigenvalue weighted by Gasteiger charge is 2.32. The smallest absolute Gasteiger partial charge is 0.227 e. The molecule has 0 aromatic carbocycles. The largest absolute Gasteiger partial charge is 0.281 e. The monoisotopic (exact) mass is 295 g/mol. The van der Waals surface area contributed by atoms with Gasteiger partial charge in [0.25, 0.3) is 0 Å². The van der Waals surface area contributed by atoms with Crippen molar-refractivity contribution in [3.63, 3.8) is 0 Å². The first-order valence-corrected chi connectivity index (χ1v) is 7.64. The maximum absolute atomic E-state index is 11.5. The molecule has 0 aliphatic carbocycles. The molecule has 112 valence electrons. The maximum Gasteiger partial charge on any atom is 0.227 e. The molecule has 0 aromatic rings. The number of hydrogen-bond donors (Lipinski definition) is 0. The zero-order valence-corrected chi connectivity index (χ0v) is 13.6. The summed E-state index contributed by atoms with van der Waals surface area (Å²) in [5.74, 6) is 0.361. The van der Waals surface area contributed by atoms with E-state index in [1.807, 2.05) is 26.0 Å². The molecule has 0 bridgehead atoms. The lowest BCUT2D eigenvalue weighted by Gasteiger charge is -2.25. The van der Waals surface area contributed by atoms with Crippen molar-refractivity contribution in [3.8, 4) is 6.07 Å². The summed E-state index contributed by atoms with van der Waals surface area (Å²) < 4.78 is 0. The van der Waals surface area contributed by atoms with Crippen molar-refractivity contribution in [1.82, 2.24) is 0 Å². The van der Waals surface area contributed by atoms with Crippen LogP contribution >= 0.6 is 11.6 Å². The summed E-state index contributed by atoms with van der Waals surface area (Å²) >= 11 is 5.65. The molecule has 3 heteroatoms. The highest BCUT2D eigenvalue weighted by atomic mass is 35.5. The summed E-state index contributed by atoms with van der Waals surface area (Å²) in [7, 11) is 0. The van der Waals surface area contributed by atoms with Gasteiger partial charge in [-0.15, -0.1) is 6.58 Å². The van der Waals surface area contributed by atoms with Crippen LogP contribution in [0.3, 0.4) is 0 Å². The average Bonchev–Trinajstić information content (AvgIpc) is 2.44. The minimum Gasteiger partial charge on any atom is -0.281 e. The number of nitriles is 1. The van der Waals surface area contributed by atoms with Crippen LogP contribution in [0.15, 0.2) is 24.8 Å². The van der Waals surface area contributed by atoms with E-state index < -0.39 is 5.41 Å². The van der Waals surface area contributed by atoms with E-state index in [2.05, 4.69) is 25.6 Å². The Morgan fingerprint density at radius 2 is 2.15 bits per heavy atom. The fourth-order valence-electron chi connectivity index (χ4n) is 1.94. The second-order valence-corrected chi connectivity index (χ2v) is 6.06. The second-order valence-electron chi connectivity index (χ2n) is 5.72. The Kier molecular flexibility index (Phi) is 9.25. The van der Waals surface area contributed by atoms with Gasteiger partial charge in [-0.3, -0.25) is 4.79 Å². The molecule has 0 spiro atoms. The molecule has 3 unspecified atom stereocenters. The van der Waals surface area contributed by atoms with Crippen LogP contribution < -0.4 is 0 Å². The molecule has 3 atom stereocenters. The van der Waals surface area contributed by atoms with E-state index in [-0.39, 0.29) is 11.2 Å². The third-order valence-corrected chi connectivity index (χ3v) is 4.37. The molecule has 2 nitrogen and oxygen atoms in total. The average molecular weight is 296 g/mol. The molecule has 0 fully saturated rings. The molecular formula is C17H26ClNO. The quantitative estimate of drug-likeness (QED) is 0.408. The number of rotatable bonds is 10. The molecular weight excluding hydrogens is 270 g/mol. The summed E-state index contributed by atoms with van der Waals surface area (Å²) in [5, 5.41) is 8.85.